The number of pyridine rings is 1. The van der Waals surface area contributed by atoms with E-state index in [9.17, 15) is 0 Å². The van der Waals surface area contributed by atoms with E-state index < -0.39 is 0 Å². The van der Waals surface area contributed by atoms with Gasteiger partial charge in [0, 0.05) is 11.7 Å². The largest absolute Gasteiger partial charge is 0.337 e. The van der Waals surface area contributed by atoms with E-state index in [-0.39, 0.29) is 0 Å². The van der Waals surface area contributed by atoms with E-state index >= 15 is 0 Å². The van der Waals surface area contributed by atoms with Gasteiger partial charge in [-0.05, 0) is 32.4 Å². The fourth-order valence-corrected chi connectivity index (χ4v) is 1.50. The number of rotatable bonds is 5. The average molecular weight is 246 g/mol. The lowest BCUT2D eigenvalue weighted by Crippen LogP contribution is -2.24. The predicted octanol–water partition coefficient (Wildman–Crippen LogP) is 2.33. The lowest BCUT2D eigenvalue weighted by Gasteiger charge is -2.07. The Morgan fingerprint density at radius 1 is 1.33 bits per heavy atom. The van der Waals surface area contributed by atoms with Crippen molar-refractivity contribution in [2.24, 2.45) is 0 Å². The van der Waals surface area contributed by atoms with Crippen molar-refractivity contribution >= 4 is 0 Å². The number of hydrogen-bond donors (Lipinski definition) is 1. The van der Waals surface area contributed by atoms with Gasteiger partial charge >= 0.3 is 0 Å². The van der Waals surface area contributed by atoms with E-state index in [0.717, 1.165) is 17.8 Å². The molecule has 0 amide bonds. The Bertz CT molecular complexity index is 509. The van der Waals surface area contributed by atoms with Crippen LogP contribution in [-0.2, 0) is 6.54 Å². The molecule has 2 rings (SSSR count). The molecule has 0 fully saturated rings. The van der Waals surface area contributed by atoms with E-state index in [1.807, 2.05) is 25.1 Å². The van der Waals surface area contributed by atoms with Crippen molar-refractivity contribution in [3.63, 3.8) is 0 Å². The molecule has 0 aliphatic heterocycles. The number of nitrogens with one attached hydrogen (secondary N) is 1. The lowest BCUT2D eigenvalue weighted by molar-refractivity contribution is 0.358. The molecule has 0 aliphatic carbocycles. The van der Waals surface area contributed by atoms with Gasteiger partial charge in [-0.25, -0.2) is 4.98 Å². The summed E-state index contributed by atoms with van der Waals surface area (Å²) in [5.74, 6) is 1.13. The first kappa shape index (κ1) is 12.7. The zero-order chi connectivity index (χ0) is 13.0. The van der Waals surface area contributed by atoms with Crippen LogP contribution in [0.1, 0.15) is 31.9 Å². The molecule has 0 saturated heterocycles. The maximum atomic E-state index is 5.19. The quantitative estimate of drug-likeness (QED) is 0.877. The van der Waals surface area contributed by atoms with Crippen molar-refractivity contribution in [1.82, 2.24) is 20.4 Å². The van der Waals surface area contributed by atoms with Gasteiger partial charge in [0.05, 0.1) is 6.54 Å². The molecule has 96 valence electrons. The Hall–Kier alpha value is -1.75. The summed E-state index contributed by atoms with van der Waals surface area (Å²) < 4.78 is 5.19. The number of hydrogen-bond acceptors (Lipinski definition) is 5. The molecule has 2 aromatic rings. The van der Waals surface area contributed by atoms with Gasteiger partial charge in [-0.15, -0.1) is 0 Å². The van der Waals surface area contributed by atoms with Crippen LogP contribution in [0, 0.1) is 6.92 Å². The van der Waals surface area contributed by atoms with Crippen molar-refractivity contribution in [2.45, 2.75) is 39.8 Å². The van der Waals surface area contributed by atoms with E-state index in [4.69, 9.17) is 4.52 Å². The summed E-state index contributed by atoms with van der Waals surface area (Å²) in [4.78, 5) is 8.69. The van der Waals surface area contributed by atoms with Gasteiger partial charge in [0.2, 0.25) is 11.7 Å². The SMILES string of the molecule is CCC(C)NCc1nc(-c2cccc(C)n2)no1. The number of aryl methyl sites for hydroxylation is 1. The fourth-order valence-electron chi connectivity index (χ4n) is 1.50. The van der Waals surface area contributed by atoms with Crippen LogP contribution in [0.15, 0.2) is 22.7 Å². The molecule has 1 N–H and O–H groups in total. The molecule has 1 atom stereocenters. The van der Waals surface area contributed by atoms with Gasteiger partial charge in [0.15, 0.2) is 0 Å². The molecule has 0 spiro atoms. The van der Waals surface area contributed by atoms with Gasteiger partial charge in [0.25, 0.3) is 0 Å². The van der Waals surface area contributed by atoms with E-state index in [1.165, 1.54) is 0 Å². The Balaban J connectivity index is 2.06. The standard InChI is InChI=1S/C13H18N4O/c1-4-9(2)14-8-12-16-13(17-18-12)11-7-5-6-10(3)15-11/h5-7,9,14H,4,8H2,1-3H3. The molecule has 1 unspecified atom stereocenters. The highest BCUT2D eigenvalue weighted by Crippen LogP contribution is 2.13. The Morgan fingerprint density at radius 2 is 2.17 bits per heavy atom. The second-order valence-electron chi connectivity index (χ2n) is 4.37. The first-order valence-corrected chi connectivity index (χ1v) is 6.19. The Morgan fingerprint density at radius 3 is 2.89 bits per heavy atom. The first-order valence-electron chi connectivity index (χ1n) is 6.19. The summed E-state index contributed by atoms with van der Waals surface area (Å²) in [6, 6.07) is 6.20. The summed E-state index contributed by atoms with van der Waals surface area (Å²) in [7, 11) is 0. The van der Waals surface area contributed by atoms with Crippen molar-refractivity contribution in [2.75, 3.05) is 0 Å². The number of aromatic nitrogens is 3. The summed E-state index contributed by atoms with van der Waals surface area (Å²) >= 11 is 0. The van der Waals surface area contributed by atoms with E-state index in [0.29, 0.717) is 24.3 Å². The third kappa shape index (κ3) is 3.13. The zero-order valence-corrected chi connectivity index (χ0v) is 11.0. The molecule has 2 aromatic heterocycles. The van der Waals surface area contributed by atoms with Crippen molar-refractivity contribution < 1.29 is 4.52 Å². The molecule has 2 heterocycles. The van der Waals surface area contributed by atoms with Gasteiger partial charge in [-0.1, -0.05) is 18.1 Å². The molecule has 0 bridgehead atoms. The molecule has 18 heavy (non-hydrogen) atoms. The van der Waals surface area contributed by atoms with E-state index in [1.54, 1.807) is 0 Å². The fraction of sp³-hybridized carbons (Fsp3) is 0.462. The summed E-state index contributed by atoms with van der Waals surface area (Å²) in [5, 5.41) is 7.25. The van der Waals surface area contributed by atoms with Crippen LogP contribution in [0.3, 0.4) is 0 Å². The average Bonchev–Trinajstić information content (AvgIpc) is 2.84. The highest BCUT2D eigenvalue weighted by Gasteiger charge is 2.10. The van der Waals surface area contributed by atoms with Gasteiger partial charge in [-0.3, -0.25) is 0 Å². The maximum Gasteiger partial charge on any atom is 0.240 e. The van der Waals surface area contributed by atoms with Crippen molar-refractivity contribution in [3.05, 3.63) is 29.8 Å². The van der Waals surface area contributed by atoms with Crippen LogP contribution in [0.25, 0.3) is 11.5 Å². The van der Waals surface area contributed by atoms with E-state index in [2.05, 4.69) is 34.3 Å². The molecule has 5 nitrogen and oxygen atoms in total. The van der Waals surface area contributed by atoms with Crippen molar-refractivity contribution in [3.8, 4) is 11.5 Å². The molecule has 0 aliphatic rings. The second-order valence-corrected chi connectivity index (χ2v) is 4.37. The molecule has 0 radical (unpaired) electrons. The monoisotopic (exact) mass is 246 g/mol. The topological polar surface area (TPSA) is 63.8 Å². The smallest absolute Gasteiger partial charge is 0.240 e. The summed E-state index contributed by atoms with van der Waals surface area (Å²) in [5.41, 5.74) is 1.69. The minimum absolute atomic E-state index is 0.442. The first-order chi connectivity index (χ1) is 8.69. The van der Waals surface area contributed by atoms with Crippen LogP contribution in [0.4, 0.5) is 0 Å². The second kappa shape index (κ2) is 5.73. The van der Waals surface area contributed by atoms with Crippen molar-refractivity contribution in [1.29, 1.82) is 0 Å². The maximum absolute atomic E-state index is 5.19. The molecule has 0 aromatic carbocycles. The Kier molecular flexibility index (Phi) is 4.04. The van der Waals surface area contributed by atoms with Crippen LogP contribution in [0.2, 0.25) is 0 Å². The van der Waals surface area contributed by atoms with Gasteiger partial charge in [0.1, 0.15) is 5.69 Å². The van der Waals surface area contributed by atoms with Crippen LogP contribution in [0.5, 0.6) is 0 Å². The van der Waals surface area contributed by atoms with Crippen LogP contribution >= 0.6 is 0 Å². The normalized spacial score (nSPS) is 12.6. The highest BCUT2D eigenvalue weighted by molar-refractivity contribution is 5.47. The number of nitrogens with zero attached hydrogens (tertiary/aromatic N) is 3. The predicted molar refractivity (Wildman–Crippen MR) is 68.9 cm³/mol. The molecule has 0 saturated carbocycles. The third-order valence-corrected chi connectivity index (χ3v) is 2.80. The third-order valence-electron chi connectivity index (χ3n) is 2.80. The minimum atomic E-state index is 0.442. The Labute approximate surface area is 107 Å². The molecular formula is C13H18N4O. The van der Waals surface area contributed by atoms with Gasteiger partial charge in [-0.2, -0.15) is 4.98 Å². The summed E-state index contributed by atoms with van der Waals surface area (Å²) in [6.07, 6.45) is 1.07. The van der Waals surface area contributed by atoms with Crippen LogP contribution < -0.4 is 5.32 Å². The zero-order valence-electron chi connectivity index (χ0n) is 11.0. The lowest BCUT2D eigenvalue weighted by atomic mass is 10.2. The minimum Gasteiger partial charge on any atom is -0.337 e. The van der Waals surface area contributed by atoms with Gasteiger partial charge < -0.3 is 9.84 Å². The molecule has 5 heteroatoms. The molecular weight excluding hydrogens is 228 g/mol. The summed E-state index contributed by atoms with van der Waals surface area (Å²) in [6.45, 7) is 6.79. The van der Waals surface area contributed by atoms with Crippen LogP contribution in [-0.4, -0.2) is 21.2 Å². The highest BCUT2D eigenvalue weighted by atomic mass is 16.5.